The SMILES string of the molecule is CC1=C[N+]2(C)C=C(S(=O)(=O)N(Cc3ccccc3)c3c(F)cccc3F)N=C2N=C1. The van der Waals surface area contributed by atoms with Crippen LogP contribution in [0.2, 0.25) is 0 Å². The molecule has 0 bridgehead atoms. The van der Waals surface area contributed by atoms with Crippen LogP contribution in [0.3, 0.4) is 0 Å². The summed E-state index contributed by atoms with van der Waals surface area (Å²) in [6, 6.07) is 11.8. The zero-order chi connectivity index (χ0) is 21.5. The minimum absolute atomic E-state index is 0.0458. The van der Waals surface area contributed by atoms with Gasteiger partial charge in [-0.2, -0.15) is 18.4 Å². The Morgan fingerprint density at radius 1 is 1.00 bits per heavy atom. The largest absolute Gasteiger partial charge is 0.339 e. The molecule has 9 heteroatoms. The van der Waals surface area contributed by atoms with Crippen LogP contribution in [-0.4, -0.2) is 32.1 Å². The van der Waals surface area contributed by atoms with Crippen LogP contribution in [0.1, 0.15) is 12.5 Å². The third-order valence-electron chi connectivity index (χ3n) is 4.79. The molecule has 154 valence electrons. The number of fused-ring (bicyclic) bond motifs is 1. The van der Waals surface area contributed by atoms with Crippen LogP contribution in [0.4, 0.5) is 14.5 Å². The summed E-state index contributed by atoms with van der Waals surface area (Å²) in [4.78, 5) is 8.37. The molecule has 0 radical (unpaired) electrons. The normalized spacial score (nSPS) is 20.3. The number of anilines is 1. The van der Waals surface area contributed by atoms with E-state index in [1.165, 1.54) is 12.3 Å². The van der Waals surface area contributed by atoms with Crippen molar-refractivity contribution in [3.63, 3.8) is 0 Å². The van der Waals surface area contributed by atoms with Gasteiger partial charge in [-0.1, -0.05) is 36.4 Å². The third-order valence-corrected chi connectivity index (χ3v) is 6.40. The molecule has 0 aromatic heterocycles. The number of nitrogens with zero attached hydrogens (tertiary/aromatic N) is 4. The van der Waals surface area contributed by atoms with Crippen LogP contribution in [0.5, 0.6) is 0 Å². The minimum atomic E-state index is -4.40. The second-order valence-corrected chi connectivity index (χ2v) is 9.03. The Balaban J connectivity index is 1.85. The van der Waals surface area contributed by atoms with E-state index in [9.17, 15) is 17.2 Å². The van der Waals surface area contributed by atoms with E-state index in [-0.39, 0.29) is 22.0 Å². The molecule has 0 saturated heterocycles. The summed E-state index contributed by atoms with van der Waals surface area (Å²) in [7, 11) is -2.67. The predicted molar refractivity (Wildman–Crippen MR) is 112 cm³/mol. The van der Waals surface area contributed by atoms with Crippen molar-refractivity contribution in [2.24, 2.45) is 9.98 Å². The number of rotatable bonds is 5. The highest BCUT2D eigenvalue weighted by molar-refractivity contribution is 7.96. The van der Waals surface area contributed by atoms with Gasteiger partial charge in [-0.05, 0) is 24.6 Å². The van der Waals surface area contributed by atoms with Gasteiger partial charge in [0.1, 0.15) is 18.1 Å². The van der Waals surface area contributed by atoms with E-state index in [1.54, 1.807) is 49.8 Å². The van der Waals surface area contributed by atoms with Gasteiger partial charge in [0.15, 0.2) is 11.6 Å². The molecule has 1 atom stereocenters. The summed E-state index contributed by atoms with van der Waals surface area (Å²) in [6.07, 6.45) is 4.78. The Kier molecular flexibility index (Phi) is 4.87. The van der Waals surface area contributed by atoms with Gasteiger partial charge in [-0.25, -0.2) is 13.3 Å². The fourth-order valence-electron chi connectivity index (χ4n) is 3.38. The molecule has 0 amide bonds. The first-order chi connectivity index (χ1) is 14.2. The molecule has 30 heavy (non-hydrogen) atoms. The van der Waals surface area contributed by atoms with E-state index in [0.717, 1.165) is 17.7 Å². The number of para-hydroxylation sites is 1. The number of benzene rings is 2. The maximum Gasteiger partial charge on any atom is 0.339 e. The summed E-state index contributed by atoms with van der Waals surface area (Å²) in [5.74, 6) is -1.70. The second-order valence-electron chi connectivity index (χ2n) is 7.23. The van der Waals surface area contributed by atoms with E-state index in [2.05, 4.69) is 9.98 Å². The molecule has 2 heterocycles. The van der Waals surface area contributed by atoms with Crippen molar-refractivity contribution in [2.75, 3.05) is 11.4 Å². The Hall–Kier alpha value is -3.17. The Morgan fingerprint density at radius 3 is 2.33 bits per heavy atom. The molecule has 2 aliphatic heterocycles. The zero-order valence-electron chi connectivity index (χ0n) is 16.3. The van der Waals surface area contributed by atoms with Crippen LogP contribution in [-0.2, 0) is 16.6 Å². The number of hydrogen-bond donors (Lipinski definition) is 0. The van der Waals surface area contributed by atoms with Crippen LogP contribution >= 0.6 is 0 Å². The molecular weight excluding hydrogens is 410 g/mol. The van der Waals surface area contributed by atoms with E-state index < -0.39 is 27.3 Å². The lowest BCUT2D eigenvalue weighted by atomic mass is 10.2. The number of quaternary nitrogens is 1. The third kappa shape index (κ3) is 3.46. The molecule has 0 spiro atoms. The molecule has 0 saturated carbocycles. The quantitative estimate of drug-likeness (QED) is 0.677. The van der Waals surface area contributed by atoms with Crippen LogP contribution in [0.25, 0.3) is 0 Å². The number of allylic oxidation sites excluding steroid dienone is 1. The van der Waals surface area contributed by atoms with Crippen LogP contribution in [0.15, 0.2) is 81.5 Å². The lowest BCUT2D eigenvalue weighted by Gasteiger charge is -2.25. The molecule has 0 N–H and O–H groups in total. The summed E-state index contributed by atoms with van der Waals surface area (Å²) >= 11 is 0. The Labute approximate surface area is 173 Å². The van der Waals surface area contributed by atoms with Crippen molar-refractivity contribution >= 4 is 27.9 Å². The number of aliphatic imine (C=N–C) groups is 2. The number of hydrogen-bond acceptors (Lipinski definition) is 4. The standard InChI is InChI=1S/C21H19F2N4O2S/c1-15-11-24-21-25-19(14-27(21,2)13-15)30(28,29)26(12-16-7-4-3-5-8-16)20-17(22)9-6-10-18(20)23/h3-11,13-14H,12H2,1-2H3/q+1. The van der Waals surface area contributed by atoms with Crippen molar-refractivity contribution in [3.8, 4) is 0 Å². The van der Waals surface area contributed by atoms with E-state index in [4.69, 9.17) is 0 Å². The first kappa shape index (κ1) is 20.1. The zero-order valence-corrected chi connectivity index (χ0v) is 17.1. The van der Waals surface area contributed by atoms with Gasteiger partial charge in [-0.15, -0.1) is 0 Å². The second kappa shape index (κ2) is 7.26. The van der Waals surface area contributed by atoms with Gasteiger partial charge in [0.05, 0.1) is 13.6 Å². The fraction of sp³-hybridized carbons (Fsp3) is 0.143. The summed E-state index contributed by atoms with van der Waals surface area (Å²) in [5, 5.41) is -0.318. The molecule has 0 fully saturated rings. The summed E-state index contributed by atoms with van der Waals surface area (Å²) in [5.41, 5.74) is 0.764. The number of sulfonamides is 1. The molecule has 2 aliphatic rings. The van der Waals surface area contributed by atoms with Gasteiger partial charge in [0.2, 0.25) is 5.03 Å². The molecule has 1 unspecified atom stereocenters. The maximum atomic E-state index is 14.6. The van der Waals surface area contributed by atoms with E-state index >= 15 is 0 Å². The molecular formula is C21H19F2N4O2S+. The molecule has 2 aromatic carbocycles. The highest BCUT2D eigenvalue weighted by Crippen LogP contribution is 2.34. The number of guanidine groups is 1. The highest BCUT2D eigenvalue weighted by Gasteiger charge is 2.42. The molecule has 2 aromatic rings. The van der Waals surface area contributed by atoms with Crippen molar-refractivity contribution in [3.05, 3.63) is 88.7 Å². The van der Waals surface area contributed by atoms with Crippen molar-refractivity contribution in [2.45, 2.75) is 13.5 Å². The summed E-state index contributed by atoms with van der Waals surface area (Å²) in [6.45, 7) is 1.58. The Bertz CT molecular complexity index is 1220. The van der Waals surface area contributed by atoms with E-state index in [1.807, 2.05) is 6.92 Å². The molecule has 0 aliphatic carbocycles. The number of halogens is 2. The lowest BCUT2D eigenvalue weighted by Crippen LogP contribution is -2.38. The molecule has 6 nitrogen and oxygen atoms in total. The highest BCUT2D eigenvalue weighted by atomic mass is 32.2. The predicted octanol–water partition coefficient (Wildman–Crippen LogP) is 3.90. The lowest BCUT2D eigenvalue weighted by molar-refractivity contribution is -0.706. The van der Waals surface area contributed by atoms with Crippen LogP contribution in [0, 0.1) is 11.6 Å². The van der Waals surface area contributed by atoms with Crippen molar-refractivity contribution in [1.82, 2.24) is 0 Å². The van der Waals surface area contributed by atoms with Crippen LogP contribution < -0.4 is 4.31 Å². The van der Waals surface area contributed by atoms with Gasteiger partial charge >= 0.3 is 5.96 Å². The average Bonchev–Trinajstić information content (AvgIpc) is 3.05. The van der Waals surface area contributed by atoms with Gasteiger partial charge in [-0.3, -0.25) is 4.31 Å². The van der Waals surface area contributed by atoms with Crippen molar-refractivity contribution < 1.29 is 21.7 Å². The van der Waals surface area contributed by atoms with Gasteiger partial charge in [0, 0.05) is 11.8 Å². The first-order valence-electron chi connectivity index (χ1n) is 9.13. The average molecular weight is 429 g/mol. The van der Waals surface area contributed by atoms with Gasteiger partial charge in [0.25, 0.3) is 10.0 Å². The first-order valence-corrected chi connectivity index (χ1v) is 10.6. The monoisotopic (exact) mass is 429 g/mol. The molecule has 4 rings (SSSR count). The minimum Gasteiger partial charge on any atom is -0.254 e. The maximum absolute atomic E-state index is 14.6. The summed E-state index contributed by atoms with van der Waals surface area (Å²) < 4.78 is 57.0. The van der Waals surface area contributed by atoms with Crippen molar-refractivity contribution in [1.29, 1.82) is 0 Å². The smallest absolute Gasteiger partial charge is 0.254 e. The topological polar surface area (TPSA) is 62.1 Å². The Morgan fingerprint density at radius 2 is 1.67 bits per heavy atom. The fourth-order valence-corrected chi connectivity index (χ4v) is 4.89. The van der Waals surface area contributed by atoms with Gasteiger partial charge < -0.3 is 0 Å². The van der Waals surface area contributed by atoms with E-state index in [0.29, 0.717) is 9.87 Å².